The van der Waals surface area contributed by atoms with Gasteiger partial charge in [0.05, 0.1) is 0 Å². The zero-order valence-corrected chi connectivity index (χ0v) is 18.6. The number of para-hydroxylation sites is 2. The molecule has 0 aliphatic carbocycles. The Balaban J connectivity index is 1.37. The average molecular weight is 426 g/mol. The van der Waals surface area contributed by atoms with Gasteiger partial charge in [0.2, 0.25) is 0 Å². The van der Waals surface area contributed by atoms with Gasteiger partial charge in [-0.2, -0.15) is 5.10 Å². The van der Waals surface area contributed by atoms with Gasteiger partial charge in [-0.3, -0.25) is 4.79 Å². The number of hydrogen-bond donors (Lipinski definition) is 1. The van der Waals surface area contributed by atoms with Crippen LogP contribution in [0.2, 0.25) is 0 Å². The molecule has 0 bridgehead atoms. The van der Waals surface area contributed by atoms with Crippen LogP contribution < -0.4 is 15.1 Å². The topological polar surface area (TPSA) is 53.9 Å². The Hall–Kier alpha value is -3.86. The van der Waals surface area contributed by atoms with Crippen LogP contribution in [0.15, 0.2) is 95.7 Å². The number of carbonyl (C=O) groups excluding carboxylic acids is 1. The Bertz CT molecular complexity index is 1170. The first-order chi connectivity index (χ1) is 15.5. The van der Waals surface area contributed by atoms with Crippen molar-refractivity contribution in [1.29, 1.82) is 0 Å². The molecule has 3 aromatic rings. The van der Waals surface area contributed by atoms with Gasteiger partial charge in [-0.05, 0) is 29.3 Å². The summed E-state index contributed by atoms with van der Waals surface area (Å²) in [7, 11) is 2.05. The second kappa shape index (κ2) is 9.10. The molecular formula is C27H27N3O2. The monoisotopic (exact) mass is 425 g/mol. The molecule has 1 aliphatic rings. The first kappa shape index (κ1) is 21.4. The largest absolute Gasteiger partial charge is 0.483 e. The summed E-state index contributed by atoms with van der Waals surface area (Å²) in [4.78, 5) is 14.4. The Labute approximate surface area is 189 Å². The van der Waals surface area contributed by atoms with E-state index in [9.17, 15) is 4.79 Å². The van der Waals surface area contributed by atoms with E-state index in [0.29, 0.717) is 5.75 Å². The second-order valence-electron chi connectivity index (χ2n) is 8.22. The number of hydrogen-bond acceptors (Lipinski definition) is 4. The molecule has 0 unspecified atom stereocenters. The number of anilines is 1. The number of hydrazone groups is 1. The maximum absolute atomic E-state index is 12.2. The second-order valence-corrected chi connectivity index (χ2v) is 8.22. The van der Waals surface area contributed by atoms with Gasteiger partial charge in [0.15, 0.2) is 6.61 Å². The van der Waals surface area contributed by atoms with Crippen molar-refractivity contribution in [2.75, 3.05) is 18.6 Å². The third kappa shape index (κ3) is 4.28. The van der Waals surface area contributed by atoms with Gasteiger partial charge < -0.3 is 9.64 Å². The fourth-order valence-corrected chi connectivity index (χ4v) is 4.14. The molecule has 1 aliphatic heterocycles. The van der Waals surface area contributed by atoms with Crippen molar-refractivity contribution in [2.45, 2.75) is 19.3 Å². The van der Waals surface area contributed by atoms with Crippen molar-refractivity contribution in [2.24, 2.45) is 5.10 Å². The molecule has 0 aromatic heterocycles. The van der Waals surface area contributed by atoms with Gasteiger partial charge >= 0.3 is 0 Å². The Morgan fingerprint density at radius 3 is 2.47 bits per heavy atom. The Morgan fingerprint density at radius 2 is 1.69 bits per heavy atom. The summed E-state index contributed by atoms with van der Waals surface area (Å²) in [6.07, 6.45) is 3.56. The molecule has 0 atom stereocenters. The molecular weight excluding hydrogens is 398 g/mol. The number of allylic oxidation sites excluding steroid dienone is 2. The van der Waals surface area contributed by atoms with Crippen molar-refractivity contribution in [3.8, 4) is 16.9 Å². The van der Waals surface area contributed by atoms with E-state index in [0.717, 1.165) is 16.8 Å². The number of ether oxygens (including phenoxy) is 1. The molecule has 0 saturated heterocycles. The summed E-state index contributed by atoms with van der Waals surface area (Å²) in [5.41, 5.74) is 7.97. The number of nitrogens with zero attached hydrogens (tertiary/aromatic N) is 2. The molecule has 0 saturated carbocycles. The zero-order valence-electron chi connectivity index (χ0n) is 18.6. The number of rotatable bonds is 6. The molecule has 1 heterocycles. The van der Waals surface area contributed by atoms with Crippen molar-refractivity contribution >= 4 is 17.8 Å². The van der Waals surface area contributed by atoms with Gasteiger partial charge in [-0.25, -0.2) is 5.43 Å². The minimum absolute atomic E-state index is 0.116. The number of likely N-dealkylation sites (N-methyl/N-ethyl adjacent to an activating group) is 1. The first-order valence-corrected chi connectivity index (χ1v) is 10.6. The van der Waals surface area contributed by atoms with Gasteiger partial charge in [0.1, 0.15) is 5.75 Å². The van der Waals surface area contributed by atoms with Crippen LogP contribution in [0.1, 0.15) is 19.4 Å². The maximum Gasteiger partial charge on any atom is 0.277 e. The quantitative estimate of drug-likeness (QED) is 0.439. The van der Waals surface area contributed by atoms with E-state index in [2.05, 4.69) is 47.5 Å². The third-order valence-electron chi connectivity index (χ3n) is 5.77. The molecule has 1 N–H and O–H groups in total. The van der Waals surface area contributed by atoms with Crippen LogP contribution in [-0.2, 0) is 10.2 Å². The highest BCUT2D eigenvalue weighted by molar-refractivity contribution is 5.82. The van der Waals surface area contributed by atoms with Crippen LogP contribution in [0.3, 0.4) is 0 Å². The predicted octanol–water partition coefficient (Wildman–Crippen LogP) is 5.15. The fourth-order valence-electron chi connectivity index (χ4n) is 4.14. The minimum Gasteiger partial charge on any atom is -0.483 e. The van der Waals surface area contributed by atoms with E-state index >= 15 is 0 Å². The molecule has 0 fully saturated rings. The van der Waals surface area contributed by atoms with Crippen LogP contribution in [0.25, 0.3) is 11.1 Å². The molecule has 32 heavy (non-hydrogen) atoms. The molecule has 5 heteroatoms. The smallest absolute Gasteiger partial charge is 0.277 e. The van der Waals surface area contributed by atoms with E-state index in [1.165, 1.54) is 11.3 Å². The molecule has 3 aromatic carbocycles. The number of amides is 1. The standard InChI is InChI=1S/C27H27N3O2/c1-27(2)22-14-8-9-15-23(22)30(3)25(27)17-18-28-29-26(31)19-32-24-16-10-7-13-21(24)20-11-5-4-6-12-20/h4-18H,19H2,1-3H3,(H,29,31)/b25-17-,28-18-. The molecule has 0 radical (unpaired) electrons. The van der Waals surface area contributed by atoms with E-state index < -0.39 is 0 Å². The van der Waals surface area contributed by atoms with E-state index in [-0.39, 0.29) is 17.9 Å². The fraction of sp³-hybridized carbons (Fsp3) is 0.185. The maximum atomic E-state index is 12.2. The van der Waals surface area contributed by atoms with Crippen molar-refractivity contribution in [3.05, 3.63) is 96.2 Å². The average Bonchev–Trinajstić information content (AvgIpc) is 3.01. The normalized spacial score (nSPS) is 15.7. The molecule has 1 amide bonds. The van der Waals surface area contributed by atoms with Crippen molar-refractivity contribution in [3.63, 3.8) is 0 Å². The lowest BCUT2D eigenvalue weighted by Gasteiger charge is -2.23. The number of fused-ring (bicyclic) bond motifs is 1. The van der Waals surface area contributed by atoms with Gasteiger partial charge in [0, 0.05) is 35.6 Å². The van der Waals surface area contributed by atoms with Crippen LogP contribution >= 0.6 is 0 Å². The lowest BCUT2D eigenvalue weighted by atomic mass is 9.84. The molecule has 162 valence electrons. The minimum atomic E-state index is -0.315. The lowest BCUT2D eigenvalue weighted by Crippen LogP contribution is -2.25. The summed E-state index contributed by atoms with van der Waals surface area (Å²) in [6, 6.07) is 26.0. The predicted molar refractivity (Wildman–Crippen MR) is 130 cm³/mol. The van der Waals surface area contributed by atoms with E-state index in [1.807, 2.05) is 73.8 Å². The summed E-state index contributed by atoms with van der Waals surface area (Å²) in [5, 5.41) is 4.08. The van der Waals surface area contributed by atoms with Crippen LogP contribution in [-0.4, -0.2) is 25.8 Å². The lowest BCUT2D eigenvalue weighted by molar-refractivity contribution is -0.123. The highest BCUT2D eigenvalue weighted by atomic mass is 16.5. The number of benzene rings is 3. The summed E-state index contributed by atoms with van der Waals surface area (Å²) < 4.78 is 5.77. The zero-order chi connectivity index (χ0) is 22.6. The van der Waals surface area contributed by atoms with E-state index in [4.69, 9.17) is 4.74 Å². The molecule has 5 nitrogen and oxygen atoms in total. The summed E-state index contributed by atoms with van der Waals surface area (Å²) in [6.45, 7) is 4.26. The first-order valence-electron chi connectivity index (χ1n) is 10.6. The highest BCUT2D eigenvalue weighted by Gasteiger charge is 2.37. The third-order valence-corrected chi connectivity index (χ3v) is 5.77. The Kier molecular flexibility index (Phi) is 6.08. The molecule has 0 spiro atoms. The van der Waals surface area contributed by atoms with Crippen molar-refractivity contribution in [1.82, 2.24) is 5.43 Å². The van der Waals surface area contributed by atoms with E-state index in [1.54, 1.807) is 6.21 Å². The number of nitrogens with one attached hydrogen (secondary N) is 1. The van der Waals surface area contributed by atoms with Gasteiger partial charge in [-0.1, -0.05) is 80.6 Å². The summed E-state index contributed by atoms with van der Waals surface area (Å²) >= 11 is 0. The van der Waals surface area contributed by atoms with Crippen LogP contribution in [0, 0.1) is 0 Å². The SMILES string of the molecule is CN1/C(=C\C=N/NC(=O)COc2ccccc2-c2ccccc2)C(C)(C)c2ccccc21. The van der Waals surface area contributed by atoms with Gasteiger partial charge in [-0.15, -0.1) is 0 Å². The van der Waals surface area contributed by atoms with Crippen molar-refractivity contribution < 1.29 is 9.53 Å². The Morgan fingerprint density at radius 1 is 1.00 bits per heavy atom. The highest BCUT2D eigenvalue weighted by Crippen LogP contribution is 2.46. The van der Waals surface area contributed by atoms with Crippen LogP contribution in [0.5, 0.6) is 5.75 Å². The van der Waals surface area contributed by atoms with Crippen LogP contribution in [0.4, 0.5) is 5.69 Å². The number of carbonyl (C=O) groups is 1. The summed E-state index contributed by atoms with van der Waals surface area (Å²) in [5.74, 6) is 0.344. The van der Waals surface area contributed by atoms with Gasteiger partial charge in [0.25, 0.3) is 5.91 Å². The molecule has 4 rings (SSSR count).